The molecule has 1 N–H and O–H groups in total. The summed E-state index contributed by atoms with van der Waals surface area (Å²) < 4.78 is 10.4. The molecule has 6 heteroatoms. The van der Waals surface area contributed by atoms with E-state index >= 15 is 0 Å². The zero-order chi connectivity index (χ0) is 19.1. The number of esters is 1. The zero-order valence-corrected chi connectivity index (χ0v) is 14.7. The van der Waals surface area contributed by atoms with E-state index in [2.05, 4.69) is 15.0 Å². The molecule has 0 fully saturated rings. The second-order valence-corrected chi connectivity index (χ2v) is 5.65. The first-order valence-corrected chi connectivity index (χ1v) is 8.29. The molecule has 27 heavy (non-hydrogen) atoms. The molecule has 6 nitrogen and oxygen atoms in total. The number of nitrogens with one attached hydrogen (secondary N) is 1. The van der Waals surface area contributed by atoms with E-state index in [-0.39, 0.29) is 5.91 Å². The average molecular weight is 362 g/mol. The molecule has 0 radical (unpaired) electrons. The van der Waals surface area contributed by atoms with Crippen molar-refractivity contribution in [3.8, 4) is 5.75 Å². The van der Waals surface area contributed by atoms with Crippen LogP contribution < -0.4 is 10.1 Å². The number of aromatic nitrogens is 1. The lowest BCUT2D eigenvalue weighted by molar-refractivity contribution is 0.0600. The molecule has 0 unspecified atom stereocenters. The van der Waals surface area contributed by atoms with Crippen molar-refractivity contribution >= 4 is 17.7 Å². The number of rotatable bonds is 6. The van der Waals surface area contributed by atoms with Gasteiger partial charge in [-0.05, 0) is 29.8 Å². The maximum Gasteiger partial charge on any atom is 0.339 e. The Hall–Kier alpha value is -3.67. The van der Waals surface area contributed by atoms with Crippen LogP contribution >= 0.6 is 0 Å². The fraction of sp³-hybridized carbons (Fsp3) is 0.0952. The molecule has 136 valence electrons. The third-order valence-electron chi connectivity index (χ3n) is 3.80. The Balaban J connectivity index is 1.70. The quantitative estimate of drug-likeness (QED) is 0.677. The molecule has 2 aromatic carbocycles. The summed E-state index contributed by atoms with van der Waals surface area (Å²) in [4.78, 5) is 28.1. The summed E-state index contributed by atoms with van der Waals surface area (Å²) in [6, 6.07) is 19.8. The first kappa shape index (κ1) is 18.1. The fourth-order valence-electron chi connectivity index (χ4n) is 2.41. The van der Waals surface area contributed by atoms with E-state index in [9.17, 15) is 9.59 Å². The number of methoxy groups -OCH3 is 1. The Morgan fingerprint density at radius 1 is 0.963 bits per heavy atom. The lowest BCUT2D eigenvalue weighted by atomic mass is 10.2. The summed E-state index contributed by atoms with van der Waals surface area (Å²) >= 11 is 0. The van der Waals surface area contributed by atoms with Gasteiger partial charge in [-0.1, -0.05) is 42.5 Å². The number of anilines is 1. The number of hydrogen-bond acceptors (Lipinski definition) is 5. The molecular formula is C21H18N2O4. The van der Waals surface area contributed by atoms with Gasteiger partial charge in [0.25, 0.3) is 5.91 Å². The molecular weight excluding hydrogens is 344 g/mol. The van der Waals surface area contributed by atoms with E-state index in [1.165, 1.54) is 25.4 Å². The Morgan fingerprint density at radius 3 is 2.41 bits per heavy atom. The Morgan fingerprint density at radius 2 is 1.70 bits per heavy atom. The van der Waals surface area contributed by atoms with Crippen molar-refractivity contribution in [2.45, 2.75) is 6.61 Å². The number of pyridine rings is 1. The van der Waals surface area contributed by atoms with Crippen LogP contribution in [-0.2, 0) is 11.3 Å². The highest BCUT2D eigenvalue weighted by Gasteiger charge is 2.14. The highest BCUT2D eigenvalue weighted by atomic mass is 16.5. The second-order valence-electron chi connectivity index (χ2n) is 5.65. The predicted octanol–water partition coefficient (Wildman–Crippen LogP) is 3.70. The van der Waals surface area contributed by atoms with Crippen LogP contribution in [0.25, 0.3) is 0 Å². The van der Waals surface area contributed by atoms with Gasteiger partial charge >= 0.3 is 5.97 Å². The van der Waals surface area contributed by atoms with Crippen molar-refractivity contribution in [1.29, 1.82) is 0 Å². The highest BCUT2D eigenvalue weighted by molar-refractivity contribution is 6.05. The molecule has 0 aliphatic rings. The molecule has 0 spiro atoms. The zero-order valence-electron chi connectivity index (χ0n) is 14.7. The Kier molecular flexibility index (Phi) is 5.79. The van der Waals surface area contributed by atoms with Gasteiger partial charge in [0, 0.05) is 6.20 Å². The standard InChI is InChI=1S/C21H18N2O4/c1-26-21(25)16-11-12-19(22-13-16)23-20(24)17-9-5-6-10-18(17)27-14-15-7-3-2-4-8-15/h2-13H,14H2,1H3,(H,22,23,24). The largest absolute Gasteiger partial charge is 0.488 e. The number of ether oxygens (including phenoxy) is 2. The van der Waals surface area contributed by atoms with E-state index in [1.807, 2.05) is 30.3 Å². The Labute approximate surface area is 156 Å². The Bertz CT molecular complexity index is 924. The topological polar surface area (TPSA) is 77.5 Å². The number of para-hydroxylation sites is 1. The third kappa shape index (κ3) is 4.70. The van der Waals surface area contributed by atoms with E-state index < -0.39 is 5.97 Å². The fourth-order valence-corrected chi connectivity index (χ4v) is 2.41. The number of amides is 1. The summed E-state index contributed by atoms with van der Waals surface area (Å²) in [5.41, 5.74) is 1.71. The number of carbonyl (C=O) groups is 2. The minimum absolute atomic E-state index is 0.307. The molecule has 0 aliphatic heterocycles. The number of hydrogen-bond donors (Lipinski definition) is 1. The number of nitrogens with zero attached hydrogens (tertiary/aromatic N) is 1. The van der Waals surface area contributed by atoms with Crippen LogP contribution in [-0.4, -0.2) is 24.0 Å². The van der Waals surface area contributed by atoms with E-state index in [4.69, 9.17) is 4.74 Å². The van der Waals surface area contributed by atoms with E-state index in [0.717, 1.165) is 5.56 Å². The second kappa shape index (κ2) is 8.62. The highest BCUT2D eigenvalue weighted by Crippen LogP contribution is 2.20. The van der Waals surface area contributed by atoms with Crippen LogP contribution in [0.15, 0.2) is 72.9 Å². The van der Waals surface area contributed by atoms with Gasteiger partial charge in [0.1, 0.15) is 18.2 Å². The summed E-state index contributed by atoms with van der Waals surface area (Å²) in [6.07, 6.45) is 1.35. The maximum absolute atomic E-state index is 12.6. The summed E-state index contributed by atoms with van der Waals surface area (Å²) in [7, 11) is 1.30. The molecule has 0 saturated carbocycles. The molecule has 1 heterocycles. The molecule has 0 atom stereocenters. The van der Waals surface area contributed by atoms with Gasteiger partial charge in [-0.15, -0.1) is 0 Å². The van der Waals surface area contributed by atoms with Crippen molar-refractivity contribution in [3.05, 3.63) is 89.6 Å². The molecule has 0 saturated heterocycles. The first-order chi connectivity index (χ1) is 13.2. The average Bonchev–Trinajstić information content (AvgIpc) is 2.73. The van der Waals surface area contributed by atoms with Gasteiger partial charge in [0.05, 0.1) is 18.2 Å². The SMILES string of the molecule is COC(=O)c1ccc(NC(=O)c2ccccc2OCc2ccccc2)nc1. The van der Waals surface area contributed by atoms with Gasteiger partial charge in [-0.3, -0.25) is 4.79 Å². The third-order valence-corrected chi connectivity index (χ3v) is 3.80. The van der Waals surface area contributed by atoms with E-state index in [1.54, 1.807) is 24.3 Å². The van der Waals surface area contributed by atoms with Crippen molar-refractivity contribution < 1.29 is 19.1 Å². The smallest absolute Gasteiger partial charge is 0.339 e. The lowest BCUT2D eigenvalue weighted by Crippen LogP contribution is -2.15. The molecule has 1 amide bonds. The maximum atomic E-state index is 12.6. The van der Waals surface area contributed by atoms with Gasteiger partial charge < -0.3 is 14.8 Å². The predicted molar refractivity (Wildman–Crippen MR) is 101 cm³/mol. The first-order valence-electron chi connectivity index (χ1n) is 8.29. The van der Waals surface area contributed by atoms with Crippen LogP contribution in [0.1, 0.15) is 26.3 Å². The summed E-state index contributed by atoms with van der Waals surface area (Å²) in [6.45, 7) is 0.358. The van der Waals surface area contributed by atoms with Crippen molar-refractivity contribution in [3.63, 3.8) is 0 Å². The lowest BCUT2D eigenvalue weighted by Gasteiger charge is -2.11. The molecule has 3 aromatic rings. The van der Waals surface area contributed by atoms with Crippen molar-refractivity contribution in [2.75, 3.05) is 12.4 Å². The molecule has 1 aromatic heterocycles. The van der Waals surface area contributed by atoms with Gasteiger partial charge in [-0.25, -0.2) is 9.78 Å². The molecule has 3 rings (SSSR count). The monoisotopic (exact) mass is 362 g/mol. The summed E-state index contributed by atoms with van der Waals surface area (Å²) in [5.74, 6) is -0.0347. The number of carbonyl (C=O) groups excluding carboxylic acids is 2. The van der Waals surface area contributed by atoms with Gasteiger partial charge in [0.2, 0.25) is 0 Å². The summed E-state index contributed by atoms with van der Waals surface area (Å²) in [5, 5.41) is 2.70. The van der Waals surface area contributed by atoms with Crippen molar-refractivity contribution in [1.82, 2.24) is 4.98 Å². The van der Waals surface area contributed by atoms with Crippen LogP contribution in [0.4, 0.5) is 5.82 Å². The van der Waals surface area contributed by atoms with Gasteiger partial charge in [0.15, 0.2) is 0 Å². The minimum atomic E-state index is -0.486. The molecule has 0 bridgehead atoms. The van der Waals surface area contributed by atoms with Crippen LogP contribution in [0, 0.1) is 0 Å². The number of benzene rings is 2. The normalized spacial score (nSPS) is 10.1. The van der Waals surface area contributed by atoms with Gasteiger partial charge in [-0.2, -0.15) is 0 Å². The van der Waals surface area contributed by atoms with Crippen LogP contribution in [0.2, 0.25) is 0 Å². The van der Waals surface area contributed by atoms with Crippen molar-refractivity contribution in [2.24, 2.45) is 0 Å². The molecule has 0 aliphatic carbocycles. The van der Waals surface area contributed by atoms with Crippen LogP contribution in [0.3, 0.4) is 0 Å². The van der Waals surface area contributed by atoms with Crippen LogP contribution in [0.5, 0.6) is 5.75 Å². The van der Waals surface area contributed by atoms with E-state index in [0.29, 0.717) is 29.3 Å². The minimum Gasteiger partial charge on any atom is -0.488 e.